The minimum atomic E-state index is -3.40. The number of carbonyl (C=O) groups excluding carboxylic acids is 3. The first-order valence-corrected chi connectivity index (χ1v) is 39.0. The number of hydrogen-bond donors (Lipinski definition) is 0. The van der Waals surface area contributed by atoms with Crippen LogP contribution in [0.5, 0.6) is 0 Å². The van der Waals surface area contributed by atoms with Crippen molar-refractivity contribution in [2.45, 2.75) is 241 Å². The number of esters is 1. The number of carbonyl (C=O) groups is 3. The summed E-state index contributed by atoms with van der Waals surface area (Å²) in [5.74, 6) is -0.0520. The monoisotopic (exact) mass is 1310 g/mol. The van der Waals surface area contributed by atoms with Gasteiger partial charge in [0.25, 0.3) is 16.6 Å². The molecular formula is C80H102O12Si2. The molecule has 8 bridgehead atoms. The van der Waals surface area contributed by atoms with Crippen molar-refractivity contribution in [3.63, 3.8) is 0 Å². The highest BCUT2D eigenvalue weighted by Gasteiger charge is 2.65. The topological polar surface area (TPSA) is 134 Å². The number of benzene rings is 5. The lowest BCUT2D eigenvalue weighted by Gasteiger charge is -2.53. The smallest absolute Gasteiger partial charge is 0.338 e. The fourth-order valence-electron chi connectivity index (χ4n) is 17.2. The third kappa shape index (κ3) is 14.3. The number of Topliss-reactive ketones (excluding diaryl/α,β-unsaturated/α-hetero) is 2. The molecule has 14 heteroatoms. The Balaban J connectivity index is 0.925. The van der Waals surface area contributed by atoms with Gasteiger partial charge in [-0.1, -0.05) is 215 Å². The van der Waals surface area contributed by atoms with E-state index in [-0.39, 0.29) is 97.3 Å². The molecule has 7 heterocycles. The lowest BCUT2D eigenvalue weighted by Crippen LogP contribution is -2.73. The molecule has 18 atom stereocenters. The first-order chi connectivity index (χ1) is 45.1. The molecule has 12 rings (SSSR count). The minimum absolute atomic E-state index is 0.00103. The molecule has 94 heavy (non-hydrogen) atoms. The predicted molar refractivity (Wildman–Crippen MR) is 373 cm³/mol. The quantitative estimate of drug-likeness (QED) is 0.0631. The molecule has 0 amide bonds. The van der Waals surface area contributed by atoms with Gasteiger partial charge in [0.2, 0.25) is 0 Å². The normalized spacial score (nSPS) is 32.5. The fraction of sp³-hybridized carbons (Fsp3) is 0.537. The maximum atomic E-state index is 15.3. The van der Waals surface area contributed by atoms with Crippen LogP contribution >= 0.6 is 0 Å². The highest BCUT2D eigenvalue weighted by molar-refractivity contribution is 7.00. The maximum absolute atomic E-state index is 15.3. The number of ether oxygens (including phenoxy) is 7. The second kappa shape index (κ2) is 28.9. The summed E-state index contributed by atoms with van der Waals surface area (Å²) in [4.78, 5) is 43.6. The zero-order valence-electron chi connectivity index (χ0n) is 57.0. The summed E-state index contributed by atoms with van der Waals surface area (Å²) in [7, 11) is -6.74. The van der Waals surface area contributed by atoms with Crippen LogP contribution < -0.4 is 20.7 Å². The molecule has 0 aliphatic carbocycles. The first-order valence-electron chi connectivity index (χ1n) is 35.2. The largest absolute Gasteiger partial charge is 0.462 e. The summed E-state index contributed by atoms with van der Waals surface area (Å²) in [6.45, 7) is 29.8. The summed E-state index contributed by atoms with van der Waals surface area (Å²) in [5, 5.41) is 3.64. The van der Waals surface area contributed by atoms with Gasteiger partial charge in [-0.3, -0.25) is 9.59 Å². The molecule has 5 aromatic rings. The molecule has 7 aliphatic heterocycles. The van der Waals surface area contributed by atoms with E-state index in [2.05, 4.69) is 197 Å². The van der Waals surface area contributed by atoms with Gasteiger partial charge in [-0.2, -0.15) is 0 Å². The summed E-state index contributed by atoms with van der Waals surface area (Å²) in [5.41, 5.74) is 2.63. The van der Waals surface area contributed by atoms with E-state index in [4.69, 9.17) is 42.0 Å². The lowest BCUT2D eigenvalue weighted by molar-refractivity contribution is -0.254. The second-order valence-corrected chi connectivity index (χ2v) is 39.2. The highest BCUT2D eigenvalue weighted by Crippen LogP contribution is 2.50. The van der Waals surface area contributed by atoms with Gasteiger partial charge in [-0.25, -0.2) is 4.79 Å². The van der Waals surface area contributed by atoms with Gasteiger partial charge in [0.15, 0.2) is 0 Å². The Kier molecular flexibility index (Phi) is 21.0. The molecule has 7 saturated heterocycles. The summed E-state index contributed by atoms with van der Waals surface area (Å²) < 4.78 is 66.6. The molecule has 5 aromatic carbocycles. The Morgan fingerprint density at radius 1 is 0.521 bits per heavy atom. The van der Waals surface area contributed by atoms with Crippen LogP contribution in [-0.2, 0) is 51.6 Å². The van der Waals surface area contributed by atoms with Crippen molar-refractivity contribution in [1.82, 2.24) is 0 Å². The van der Waals surface area contributed by atoms with Gasteiger partial charge in [0.1, 0.15) is 42.1 Å². The standard InChI is InChI=1S/C80H102O12Si2/c1-51(50-84-78(83)56-27-17-12-18-28-56)43-69-55(5)66-47-58(82)46-61-40-42-68-73(87-61)77(92-94(80(9,10)11,64-33-23-15-24-34-64)65-35-25-16-26-36-65)76-75(89-68)74(91-93(79(6,7)8,62-29-19-13-20-30-62)63-31-21-14-22-32-63)72(90-76)48-57(81)37-38-59-45-53(3)67(85-59)41-39-60-44-52(2)54(4)70(86-60)49-71(66)88-69/h12-36,51-52,55,59-61,66-77H,3-4,37-50H2,1-2,5-11H3/t51-,52+,55+,59-,60-,61+,66?,67?,68-,69+,70?,71-,72?,73-,74-,75-,76+,77-/m0/s1. The lowest BCUT2D eigenvalue weighted by atomic mass is 9.78. The van der Waals surface area contributed by atoms with Crippen molar-refractivity contribution in [1.29, 1.82) is 0 Å². The van der Waals surface area contributed by atoms with E-state index >= 15 is 9.59 Å². The average molecular weight is 1310 g/mol. The van der Waals surface area contributed by atoms with Crippen LogP contribution in [0, 0.1) is 23.7 Å². The van der Waals surface area contributed by atoms with Crippen LogP contribution in [0.25, 0.3) is 0 Å². The summed E-state index contributed by atoms with van der Waals surface area (Å²) in [6, 6.07) is 51.9. The van der Waals surface area contributed by atoms with Crippen LogP contribution in [0.15, 0.2) is 176 Å². The molecule has 7 fully saturated rings. The fourth-order valence-corrected chi connectivity index (χ4v) is 26.6. The SMILES string of the molecule is C=C1C[C@@H]2CCC(=O)CC3O[C@H]4[C@@H](O[Si](c5ccccc5)(c5ccccc5)C(C)(C)C)[C@H]5O[C@H](CC[C@@H]5O[C@H]4[C@H]3O[Si](c3ccccc3)(c3ccccc3)C(C)(C)C)CC(=O)CC3[C@H](CC4O[C@@H](CCC1O2)C[C@@H](C)C4=C)O[C@H](C[C@H](C)COC(=O)c1ccccc1)[C@@H]3C. The highest BCUT2D eigenvalue weighted by atomic mass is 28.4. The molecule has 4 unspecified atom stereocenters. The van der Waals surface area contributed by atoms with Crippen LogP contribution in [0.2, 0.25) is 10.1 Å². The van der Waals surface area contributed by atoms with Crippen molar-refractivity contribution in [3.05, 3.63) is 182 Å². The molecule has 12 nitrogen and oxygen atoms in total. The minimum Gasteiger partial charge on any atom is -0.462 e. The zero-order chi connectivity index (χ0) is 66.1. The van der Waals surface area contributed by atoms with Crippen molar-refractivity contribution >= 4 is 54.9 Å². The van der Waals surface area contributed by atoms with Gasteiger partial charge in [0, 0.05) is 32.1 Å². The van der Waals surface area contributed by atoms with Crippen LogP contribution in [0.3, 0.4) is 0 Å². The van der Waals surface area contributed by atoms with Crippen molar-refractivity contribution in [3.8, 4) is 0 Å². The molecule has 0 radical (unpaired) electrons. The van der Waals surface area contributed by atoms with E-state index in [0.717, 1.165) is 51.2 Å². The molecule has 7 aliphatic rings. The Labute approximate surface area is 561 Å². The number of hydrogen-bond acceptors (Lipinski definition) is 12. The van der Waals surface area contributed by atoms with E-state index in [9.17, 15) is 4.79 Å². The molecular weight excluding hydrogens is 1210 g/mol. The van der Waals surface area contributed by atoms with Crippen molar-refractivity contribution in [2.75, 3.05) is 6.61 Å². The molecule has 0 spiro atoms. The average Bonchev–Trinajstić information content (AvgIpc) is 1.34. The maximum Gasteiger partial charge on any atom is 0.338 e. The van der Waals surface area contributed by atoms with Gasteiger partial charge in [0.05, 0.1) is 67.1 Å². The Morgan fingerprint density at radius 3 is 1.61 bits per heavy atom. The number of fused-ring (bicyclic) bond motifs is 7. The Morgan fingerprint density at radius 2 is 1.03 bits per heavy atom. The molecule has 0 N–H and O–H groups in total. The summed E-state index contributed by atoms with van der Waals surface area (Å²) in [6.07, 6.45) is 0.802. The number of rotatable bonds is 13. The van der Waals surface area contributed by atoms with Crippen LogP contribution in [-0.4, -0.2) is 126 Å². The van der Waals surface area contributed by atoms with Crippen molar-refractivity contribution in [2.24, 2.45) is 23.7 Å². The Hall–Kier alpha value is -5.50. The van der Waals surface area contributed by atoms with Crippen molar-refractivity contribution < 1.29 is 56.4 Å². The van der Waals surface area contributed by atoms with E-state index in [0.29, 0.717) is 56.9 Å². The molecule has 502 valence electrons. The van der Waals surface area contributed by atoms with E-state index in [1.807, 2.05) is 18.2 Å². The molecule has 0 saturated carbocycles. The van der Waals surface area contributed by atoms with E-state index in [1.54, 1.807) is 12.1 Å². The third-order valence-corrected chi connectivity index (χ3v) is 32.2. The van der Waals surface area contributed by atoms with Crippen LogP contribution in [0.1, 0.15) is 156 Å². The molecule has 0 aromatic heterocycles. The van der Waals surface area contributed by atoms with Crippen LogP contribution in [0.4, 0.5) is 0 Å². The second-order valence-electron chi connectivity index (χ2n) is 30.7. The summed E-state index contributed by atoms with van der Waals surface area (Å²) >= 11 is 0. The van der Waals surface area contributed by atoms with E-state index < -0.39 is 75.5 Å². The number of ketones is 2. The van der Waals surface area contributed by atoms with Gasteiger partial charge >= 0.3 is 5.97 Å². The van der Waals surface area contributed by atoms with E-state index in [1.165, 1.54) is 0 Å². The third-order valence-electron chi connectivity index (χ3n) is 22.1. The first kappa shape index (κ1) is 68.4. The van der Waals surface area contributed by atoms with Gasteiger partial charge in [-0.15, -0.1) is 0 Å². The van der Waals surface area contributed by atoms with Gasteiger partial charge < -0.3 is 42.0 Å². The Bertz CT molecular complexity index is 3310. The predicted octanol–water partition coefficient (Wildman–Crippen LogP) is 13.2. The van der Waals surface area contributed by atoms with Gasteiger partial charge in [-0.05, 0) is 129 Å². The zero-order valence-corrected chi connectivity index (χ0v) is 59.0.